The van der Waals surface area contributed by atoms with Crippen LogP contribution in [0.2, 0.25) is 0 Å². The maximum atomic E-state index is 13.6. The fraction of sp³-hybridized carbons (Fsp3) is 0.455. The molecule has 0 unspecified atom stereocenters. The maximum absolute atomic E-state index is 13.6. The average molecular weight is 291 g/mol. The Morgan fingerprint density at radius 3 is 2.67 bits per heavy atom. The van der Waals surface area contributed by atoms with Gasteiger partial charge < -0.3 is 0 Å². The van der Waals surface area contributed by atoms with Crippen molar-refractivity contribution in [2.45, 2.75) is 22.6 Å². The Bertz CT molecular complexity index is 591. The summed E-state index contributed by atoms with van der Waals surface area (Å²) in [4.78, 5) is -0.429. The molecule has 2 aliphatic heterocycles. The maximum Gasteiger partial charge on any atom is 0.246 e. The Morgan fingerprint density at radius 1 is 1.33 bits per heavy atom. The van der Waals surface area contributed by atoms with Crippen molar-refractivity contribution in [2.75, 3.05) is 12.3 Å². The number of nitrogens with zero attached hydrogens (tertiary/aromatic N) is 1. The first-order valence-electron chi connectivity index (χ1n) is 5.57. The van der Waals surface area contributed by atoms with E-state index >= 15 is 0 Å². The van der Waals surface area contributed by atoms with Crippen LogP contribution in [0.15, 0.2) is 23.1 Å². The second-order valence-corrected chi connectivity index (χ2v) is 7.69. The van der Waals surface area contributed by atoms with Crippen molar-refractivity contribution in [1.29, 1.82) is 0 Å². The zero-order chi connectivity index (χ0) is 12.9. The minimum atomic E-state index is -3.84. The van der Waals surface area contributed by atoms with Crippen LogP contribution in [0.25, 0.3) is 0 Å². The summed E-state index contributed by atoms with van der Waals surface area (Å²) in [5, 5.41) is 0.313. The number of rotatable bonds is 2. The lowest BCUT2D eigenvalue weighted by Gasteiger charge is -2.25. The number of hydrogen-bond acceptors (Lipinski definition) is 3. The van der Waals surface area contributed by atoms with Gasteiger partial charge in [0, 0.05) is 29.7 Å². The highest BCUT2D eigenvalue weighted by Gasteiger charge is 2.45. The van der Waals surface area contributed by atoms with Gasteiger partial charge in [-0.2, -0.15) is 16.1 Å². The molecular weight excluding hydrogens is 280 g/mol. The molecule has 1 aromatic carbocycles. The monoisotopic (exact) mass is 291 g/mol. The average Bonchev–Trinajstić information content (AvgIpc) is 2.90. The van der Waals surface area contributed by atoms with E-state index in [1.165, 1.54) is 4.31 Å². The summed E-state index contributed by atoms with van der Waals surface area (Å²) in [5.74, 6) is -1.04. The summed E-state index contributed by atoms with van der Waals surface area (Å²) in [6.07, 6.45) is 0.826. The van der Waals surface area contributed by atoms with E-state index in [1.54, 1.807) is 11.8 Å². The van der Waals surface area contributed by atoms with Crippen LogP contribution >= 0.6 is 11.8 Å². The minimum absolute atomic E-state index is 0.0468. The van der Waals surface area contributed by atoms with E-state index in [9.17, 15) is 17.2 Å². The Morgan fingerprint density at radius 2 is 2.11 bits per heavy atom. The largest absolute Gasteiger partial charge is 0.246 e. The number of fused-ring (bicyclic) bond motifs is 2. The molecule has 0 spiro atoms. The Balaban J connectivity index is 2.00. The molecule has 3 rings (SSSR count). The zero-order valence-corrected chi connectivity index (χ0v) is 11.0. The van der Waals surface area contributed by atoms with Crippen LogP contribution in [0.4, 0.5) is 8.78 Å². The lowest BCUT2D eigenvalue weighted by molar-refractivity contribution is 0.406. The van der Waals surface area contributed by atoms with E-state index in [1.807, 2.05) is 0 Å². The highest BCUT2D eigenvalue weighted by atomic mass is 32.2. The van der Waals surface area contributed by atoms with Crippen molar-refractivity contribution in [3.05, 3.63) is 29.8 Å². The van der Waals surface area contributed by atoms with Gasteiger partial charge in [-0.05, 0) is 18.6 Å². The highest BCUT2D eigenvalue weighted by molar-refractivity contribution is 8.00. The molecule has 0 N–H and O–H groups in total. The lowest BCUT2D eigenvalue weighted by Crippen LogP contribution is -2.39. The molecule has 2 saturated heterocycles. The van der Waals surface area contributed by atoms with Crippen molar-refractivity contribution in [2.24, 2.45) is 0 Å². The molecule has 0 radical (unpaired) electrons. The van der Waals surface area contributed by atoms with Crippen LogP contribution in [-0.4, -0.2) is 36.3 Å². The Hall–Kier alpha value is -0.660. The third-order valence-corrected chi connectivity index (χ3v) is 6.67. The lowest BCUT2D eigenvalue weighted by atomic mass is 10.3. The van der Waals surface area contributed by atoms with Gasteiger partial charge in [0.2, 0.25) is 10.0 Å². The molecule has 98 valence electrons. The van der Waals surface area contributed by atoms with Gasteiger partial charge >= 0.3 is 0 Å². The van der Waals surface area contributed by atoms with Gasteiger partial charge in [0.25, 0.3) is 0 Å². The molecule has 7 heteroatoms. The molecule has 2 atom stereocenters. The van der Waals surface area contributed by atoms with E-state index in [0.717, 1.165) is 24.3 Å². The number of hydrogen-bond donors (Lipinski definition) is 0. The van der Waals surface area contributed by atoms with Gasteiger partial charge in [0.1, 0.15) is 16.5 Å². The summed E-state index contributed by atoms with van der Waals surface area (Å²) in [6.45, 7) is 0.425. The topological polar surface area (TPSA) is 37.4 Å². The Labute approximate surface area is 108 Å². The molecule has 18 heavy (non-hydrogen) atoms. The standard InChI is InChI=1S/C11H11F2NO2S2/c12-7-1-2-11(10(13)3-7)18(15,16)14-5-9-4-8(14)6-17-9/h1-3,8-9H,4-6H2/t8-,9+/m0/s1. The molecule has 2 fully saturated rings. The molecule has 0 aromatic heterocycles. The van der Waals surface area contributed by atoms with Gasteiger partial charge in [-0.15, -0.1) is 0 Å². The van der Waals surface area contributed by atoms with Crippen LogP contribution < -0.4 is 0 Å². The molecule has 0 amide bonds. The number of thioether (sulfide) groups is 1. The van der Waals surface area contributed by atoms with E-state index in [2.05, 4.69) is 0 Å². The predicted molar refractivity (Wildman–Crippen MR) is 64.9 cm³/mol. The van der Waals surface area contributed by atoms with E-state index in [-0.39, 0.29) is 6.04 Å². The third-order valence-electron chi connectivity index (χ3n) is 3.33. The molecule has 1 aromatic rings. The quantitative estimate of drug-likeness (QED) is 0.834. The third kappa shape index (κ3) is 1.85. The summed E-state index contributed by atoms with van der Waals surface area (Å²) >= 11 is 1.75. The van der Waals surface area contributed by atoms with Crippen molar-refractivity contribution in [1.82, 2.24) is 4.31 Å². The van der Waals surface area contributed by atoms with Gasteiger partial charge in [0.05, 0.1) is 0 Å². The van der Waals surface area contributed by atoms with Crippen molar-refractivity contribution < 1.29 is 17.2 Å². The van der Waals surface area contributed by atoms with E-state index in [4.69, 9.17) is 0 Å². The first kappa shape index (κ1) is 12.4. The summed E-state index contributed by atoms with van der Waals surface area (Å²) in [6, 6.07) is 2.53. The van der Waals surface area contributed by atoms with Crippen LogP contribution in [0, 0.1) is 11.6 Å². The second-order valence-electron chi connectivity index (χ2n) is 4.49. The SMILES string of the molecule is O=S(=O)(c1ccc(F)cc1F)N1C[C@H]2C[C@H]1CS2. The van der Waals surface area contributed by atoms with E-state index < -0.39 is 26.6 Å². The van der Waals surface area contributed by atoms with Crippen molar-refractivity contribution in [3.63, 3.8) is 0 Å². The summed E-state index contributed by atoms with van der Waals surface area (Å²) in [5.41, 5.74) is 0. The van der Waals surface area contributed by atoms with Gasteiger partial charge in [-0.25, -0.2) is 17.2 Å². The fourth-order valence-electron chi connectivity index (χ4n) is 2.47. The van der Waals surface area contributed by atoms with Crippen LogP contribution in [0.3, 0.4) is 0 Å². The second kappa shape index (κ2) is 4.18. The molecule has 0 aliphatic carbocycles. The van der Waals surface area contributed by atoms with Crippen LogP contribution in [0.5, 0.6) is 0 Å². The van der Waals surface area contributed by atoms with Crippen molar-refractivity contribution >= 4 is 21.8 Å². The Kier molecular flexibility index (Phi) is 2.87. The fourth-order valence-corrected chi connectivity index (χ4v) is 5.82. The summed E-state index contributed by atoms with van der Waals surface area (Å²) in [7, 11) is -3.84. The number of sulfonamides is 1. The van der Waals surface area contributed by atoms with E-state index in [0.29, 0.717) is 17.9 Å². The first-order valence-corrected chi connectivity index (χ1v) is 8.06. The number of halogens is 2. The molecule has 2 aliphatic rings. The smallest absolute Gasteiger partial charge is 0.207 e. The van der Waals surface area contributed by atoms with Crippen LogP contribution in [-0.2, 0) is 10.0 Å². The highest BCUT2D eigenvalue weighted by Crippen LogP contribution is 2.40. The zero-order valence-electron chi connectivity index (χ0n) is 9.34. The minimum Gasteiger partial charge on any atom is -0.207 e. The first-order chi connectivity index (χ1) is 8.48. The number of benzene rings is 1. The normalized spacial score (nSPS) is 27.9. The molecular formula is C11H11F2NO2S2. The molecule has 0 saturated carbocycles. The van der Waals surface area contributed by atoms with Gasteiger partial charge in [-0.1, -0.05) is 0 Å². The van der Waals surface area contributed by atoms with Gasteiger partial charge in [-0.3, -0.25) is 0 Å². The van der Waals surface area contributed by atoms with Crippen molar-refractivity contribution in [3.8, 4) is 0 Å². The predicted octanol–water partition coefficient (Wildman–Crippen LogP) is 1.84. The molecule has 2 bridgehead atoms. The molecule has 2 heterocycles. The molecule has 3 nitrogen and oxygen atoms in total. The summed E-state index contributed by atoms with van der Waals surface area (Å²) < 4.78 is 52.4. The van der Waals surface area contributed by atoms with Gasteiger partial charge in [0.15, 0.2) is 0 Å². The van der Waals surface area contributed by atoms with Crippen LogP contribution in [0.1, 0.15) is 6.42 Å².